The first kappa shape index (κ1) is 25.8. The van der Waals surface area contributed by atoms with Crippen molar-refractivity contribution in [2.75, 3.05) is 27.4 Å². The van der Waals surface area contributed by atoms with Crippen LogP contribution in [-0.4, -0.2) is 54.4 Å². The summed E-state index contributed by atoms with van der Waals surface area (Å²) in [7, 11) is 3.17. The molecule has 2 aromatic rings. The van der Waals surface area contributed by atoms with E-state index in [-0.39, 0.29) is 11.4 Å². The minimum absolute atomic E-state index is 0.0354. The molecule has 1 amide bonds. The molecule has 2 aliphatic heterocycles. The molecule has 0 bridgehead atoms. The molecule has 9 nitrogen and oxygen atoms in total. The molecule has 0 radical (unpaired) electrons. The summed E-state index contributed by atoms with van der Waals surface area (Å²) in [6, 6.07) is 12.7. The highest BCUT2D eigenvalue weighted by Crippen LogP contribution is 2.36. The molecule has 5 rings (SSSR count). The van der Waals surface area contributed by atoms with Crippen LogP contribution in [0.2, 0.25) is 0 Å². The number of amides is 1. The van der Waals surface area contributed by atoms with Gasteiger partial charge in [-0.2, -0.15) is 15.1 Å². The highest BCUT2D eigenvalue weighted by Gasteiger charge is 2.38. The van der Waals surface area contributed by atoms with Gasteiger partial charge in [-0.1, -0.05) is 25.3 Å². The molecule has 1 saturated carbocycles. The number of amidine groups is 2. The second-order valence-corrected chi connectivity index (χ2v) is 10.1. The van der Waals surface area contributed by atoms with Crippen LogP contribution in [0.3, 0.4) is 0 Å². The van der Waals surface area contributed by atoms with Crippen LogP contribution in [0.5, 0.6) is 23.0 Å². The number of hydrazone groups is 1. The molecular formula is C28H30N4O5S. The molecule has 0 unspecified atom stereocenters. The summed E-state index contributed by atoms with van der Waals surface area (Å²) in [6.45, 7) is 0.669. The van der Waals surface area contributed by atoms with E-state index in [9.17, 15) is 4.79 Å². The van der Waals surface area contributed by atoms with Gasteiger partial charge in [-0.3, -0.25) is 10.2 Å². The Hall–Kier alpha value is -3.79. The normalized spacial score (nSPS) is 18.7. The SMILES string of the molecule is COc1ccc(OCCOc2ccc(C=C3C(=N)N4N=C(C5CCCCC5)SC4=NC3=O)cc2OC)cc1. The van der Waals surface area contributed by atoms with Crippen molar-refractivity contribution < 1.29 is 23.7 Å². The zero-order valence-electron chi connectivity index (χ0n) is 21.4. The van der Waals surface area contributed by atoms with Gasteiger partial charge in [0.15, 0.2) is 17.3 Å². The molecule has 2 heterocycles. The van der Waals surface area contributed by atoms with Crippen molar-refractivity contribution in [2.45, 2.75) is 32.1 Å². The van der Waals surface area contributed by atoms with Crippen LogP contribution in [0.4, 0.5) is 0 Å². The lowest BCUT2D eigenvalue weighted by Crippen LogP contribution is -2.35. The average Bonchev–Trinajstić information content (AvgIpc) is 3.39. The lowest BCUT2D eigenvalue weighted by atomic mass is 9.90. The third kappa shape index (κ3) is 5.70. The van der Waals surface area contributed by atoms with Crippen LogP contribution < -0.4 is 18.9 Å². The van der Waals surface area contributed by atoms with Gasteiger partial charge in [-0.05, 0) is 72.6 Å². The molecule has 198 valence electrons. The van der Waals surface area contributed by atoms with E-state index in [4.69, 9.17) is 24.4 Å². The van der Waals surface area contributed by atoms with E-state index >= 15 is 0 Å². The maximum Gasteiger partial charge on any atom is 0.283 e. The van der Waals surface area contributed by atoms with E-state index < -0.39 is 5.91 Å². The number of nitrogens with one attached hydrogen (secondary N) is 1. The number of carbonyl (C=O) groups excluding carboxylic acids is 1. The Morgan fingerprint density at radius 1 is 0.974 bits per heavy atom. The number of methoxy groups -OCH3 is 2. The summed E-state index contributed by atoms with van der Waals surface area (Å²) in [6.07, 6.45) is 7.47. The third-order valence-electron chi connectivity index (χ3n) is 6.59. The maximum atomic E-state index is 12.8. The number of hydrogen-bond acceptors (Lipinski definition) is 8. The Bertz CT molecular complexity index is 1300. The number of thioether (sulfide) groups is 1. The van der Waals surface area contributed by atoms with Crippen molar-refractivity contribution in [3.8, 4) is 23.0 Å². The van der Waals surface area contributed by atoms with Crippen molar-refractivity contribution >= 4 is 39.8 Å². The lowest BCUT2D eigenvalue weighted by Gasteiger charge is -2.20. The Balaban J connectivity index is 1.24. The highest BCUT2D eigenvalue weighted by molar-refractivity contribution is 8.27. The van der Waals surface area contributed by atoms with Gasteiger partial charge in [0, 0.05) is 5.92 Å². The molecule has 3 aliphatic rings. The van der Waals surface area contributed by atoms with Gasteiger partial charge in [0.25, 0.3) is 5.91 Å². The second-order valence-electron chi connectivity index (χ2n) is 9.08. The third-order valence-corrected chi connectivity index (χ3v) is 7.66. The fraction of sp³-hybridized carbons (Fsp3) is 0.357. The van der Waals surface area contributed by atoms with Crippen molar-refractivity contribution in [3.63, 3.8) is 0 Å². The number of carbonyl (C=O) groups is 1. The van der Waals surface area contributed by atoms with Gasteiger partial charge in [0.05, 0.1) is 19.8 Å². The molecular weight excluding hydrogens is 504 g/mol. The standard InChI is InChI=1S/C28H30N4O5S/c1-34-20-9-11-21(12-10-20)36-14-15-37-23-13-8-18(17-24(23)35-2)16-22-25(29)32-28(30-26(22)33)38-27(31-32)19-6-4-3-5-7-19/h8-13,16-17,19,29H,3-7,14-15H2,1-2H3. The molecule has 1 aliphatic carbocycles. The van der Waals surface area contributed by atoms with E-state index in [0.29, 0.717) is 41.4 Å². The van der Waals surface area contributed by atoms with Crippen LogP contribution in [-0.2, 0) is 4.79 Å². The fourth-order valence-corrected chi connectivity index (χ4v) is 5.62. The maximum absolute atomic E-state index is 12.8. The first-order chi connectivity index (χ1) is 18.6. The smallest absolute Gasteiger partial charge is 0.283 e. The van der Waals surface area contributed by atoms with Crippen molar-refractivity contribution in [1.82, 2.24) is 5.01 Å². The molecule has 2 aromatic carbocycles. The fourth-order valence-electron chi connectivity index (χ4n) is 4.56. The Kier molecular flexibility index (Phi) is 7.97. The first-order valence-corrected chi connectivity index (χ1v) is 13.4. The predicted octanol–water partition coefficient (Wildman–Crippen LogP) is 5.36. The van der Waals surface area contributed by atoms with Crippen molar-refractivity contribution in [3.05, 3.63) is 53.6 Å². The summed E-state index contributed by atoms with van der Waals surface area (Å²) in [4.78, 5) is 17.0. The van der Waals surface area contributed by atoms with E-state index in [1.165, 1.54) is 36.0 Å². The van der Waals surface area contributed by atoms with Crippen LogP contribution in [0.1, 0.15) is 37.7 Å². The minimum atomic E-state index is -0.441. The molecule has 10 heteroatoms. The molecule has 0 spiro atoms. The van der Waals surface area contributed by atoms with E-state index in [1.807, 2.05) is 30.3 Å². The molecule has 0 saturated heterocycles. The summed E-state index contributed by atoms with van der Waals surface area (Å²) >= 11 is 1.42. The predicted molar refractivity (Wildman–Crippen MR) is 149 cm³/mol. The summed E-state index contributed by atoms with van der Waals surface area (Å²) in [5, 5.41) is 16.2. The summed E-state index contributed by atoms with van der Waals surface area (Å²) < 4.78 is 22.2. The summed E-state index contributed by atoms with van der Waals surface area (Å²) in [5.74, 6) is 2.53. The second kappa shape index (κ2) is 11.7. The number of fused-ring (bicyclic) bond motifs is 1. The first-order valence-electron chi connectivity index (χ1n) is 12.6. The highest BCUT2D eigenvalue weighted by atomic mass is 32.2. The quantitative estimate of drug-likeness (QED) is 0.341. The van der Waals surface area contributed by atoms with Crippen LogP contribution in [0, 0.1) is 11.3 Å². The van der Waals surface area contributed by atoms with Gasteiger partial charge >= 0.3 is 0 Å². The monoisotopic (exact) mass is 534 g/mol. The van der Waals surface area contributed by atoms with Gasteiger partial charge in [-0.25, -0.2) is 0 Å². The van der Waals surface area contributed by atoms with Crippen LogP contribution >= 0.6 is 11.8 Å². The van der Waals surface area contributed by atoms with Gasteiger partial charge < -0.3 is 18.9 Å². The van der Waals surface area contributed by atoms with Gasteiger partial charge in [-0.15, -0.1) is 0 Å². The molecule has 38 heavy (non-hydrogen) atoms. The average molecular weight is 535 g/mol. The van der Waals surface area contributed by atoms with E-state index in [0.717, 1.165) is 29.4 Å². The van der Waals surface area contributed by atoms with Crippen molar-refractivity contribution in [1.29, 1.82) is 5.41 Å². The number of benzene rings is 2. The minimum Gasteiger partial charge on any atom is -0.497 e. The van der Waals surface area contributed by atoms with Crippen LogP contribution in [0.15, 0.2) is 58.1 Å². The number of rotatable bonds is 9. The molecule has 1 fully saturated rings. The zero-order chi connectivity index (χ0) is 26.5. The number of aliphatic imine (C=N–C) groups is 1. The van der Waals surface area contributed by atoms with Crippen molar-refractivity contribution in [2.24, 2.45) is 16.0 Å². The van der Waals surface area contributed by atoms with Gasteiger partial charge in [0.2, 0.25) is 5.17 Å². The molecule has 0 aromatic heterocycles. The molecule has 1 N–H and O–H groups in total. The Labute approximate surface area is 226 Å². The van der Waals surface area contributed by atoms with E-state index in [2.05, 4.69) is 10.1 Å². The van der Waals surface area contributed by atoms with Gasteiger partial charge in [0.1, 0.15) is 29.8 Å². The topological polar surface area (TPSA) is 106 Å². The Morgan fingerprint density at radius 2 is 1.71 bits per heavy atom. The number of hydrogen-bond donors (Lipinski definition) is 1. The summed E-state index contributed by atoms with van der Waals surface area (Å²) in [5.41, 5.74) is 0.880. The largest absolute Gasteiger partial charge is 0.497 e. The van der Waals surface area contributed by atoms with Crippen LogP contribution in [0.25, 0.3) is 6.08 Å². The number of ether oxygens (including phenoxy) is 4. The Morgan fingerprint density at radius 3 is 2.45 bits per heavy atom. The zero-order valence-corrected chi connectivity index (χ0v) is 22.3. The van der Waals surface area contributed by atoms with E-state index in [1.54, 1.807) is 32.4 Å². The molecule has 0 atom stereocenters. The number of nitrogens with zero attached hydrogens (tertiary/aromatic N) is 3. The lowest BCUT2D eigenvalue weighted by molar-refractivity contribution is -0.114.